The second kappa shape index (κ2) is 6.49. The molecular weight excluding hydrogens is 270 g/mol. The molecule has 0 aliphatic carbocycles. The van der Waals surface area contributed by atoms with Crippen LogP contribution in [-0.4, -0.2) is 30.5 Å². The van der Waals surface area contributed by atoms with Gasteiger partial charge in [-0.15, -0.1) is 12.4 Å². The second-order valence-corrected chi connectivity index (χ2v) is 4.55. The van der Waals surface area contributed by atoms with E-state index in [2.05, 4.69) is 10.6 Å². The average molecular weight is 286 g/mol. The van der Waals surface area contributed by atoms with Crippen LogP contribution in [0, 0.1) is 23.0 Å². The van der Waals surface area contributed by atoms with E-state index in [4.69, 9.17) is 0 Å². The number of benzene rings is 1. The van der Waals surface area contributed by atoms with Crippen LogP contribution in [0.25, 0.3) is 0 Å². The van der Waals surface area contributed by atoms with Gasteiger partial charge in [0.25, 0.3) is 11.6 Å². The van der Waals surface area contributed by atoms with Crippen LogP contribution in [0.4, 0.5) is 5.69 Å². The van der Waals surface area contributed by atoms with Gasteiger partial charge in [0.15, 0.2) is 0 Å². The summed E-state index contributed by atoms with van der Waals surface area (Å²) >= 11 is 0. The van der Waals surface area contributed by atoms with Crippen molar-refractivity contribution in [1.29, 1.82) is 0 Å². The molecule has 1 fully saturated rings. The summed E-state index contributed by atoms with van der Waals surface area (Å²) in [6.45, 7) is 4.16. The third-order valence-corrected chi connectivity index (χ3v) is 2.95. The van der Waals surface area contributed by atoms with E-state index in [0.717, 1.165) is 13.1 Å². The summed E-state index contributed by atoms with van der Waals surface area (Å²) < 4.78 is 0. The van der Waals surface area contributed by atoms with Gasteiger partial charge in [-0.05, 0) is 18.6 Å². The molecule has 0 spiro atoms. The number of hydrogen-bond donors (Lipinski definition) is 2. The van der Waals surface area contributed by atoms with Crippen molar-refractivity contribution in [2.75, 3.05) is 19.6 Å². The maximum absolute atomic E-state index is 11.9. The van der Waals surface area contributed by atoms with Gasteiger partial charge in [-0.25, -0.2) is 0 Å². The van der Waals surface area contributed by atoms with Gasteiger partial charge in [-0.3, -0.25) is 14.9 Å². The van der Waals surface area contributed by atoms with Crippen LogP contribution in [0.3, 0.4) is 0 Å². The minimum atomic E-state index is -0.486. The number of nitro benzene ring substituents is 1. The van der Waals surface area contributed by atoms with Gasteiger partial charge in [0.1, 0.15) is 0 Å². The number of nitrogens with zero attached hydrogens (tertiary/aromatic N) is 1. The minimum Gasteiger partial charge on any atom is -0.352 e. The van der Waals surface area contributed by atoms with E-state index in [9.17, 15) is 14.9 Å². The standard InChI is InChI=1S/C12H15N3O3.ClH/c1-8-2-10(4-11(3-8)15(17)18)12(16)14-7-9-5-13-6-9;/h2-4,9,13H,5-7H2,1H3,(H,14,16);1H. The molecule has 1 saturated heterocycles. The molecule has 6 nitrogen and oxygen atoms in total. The second-order valence-electron chi connectivity index (χ2n) is 4.55. The molecule has 1 aliphatic rings. The molecule has 1 amide bonds. The minimum absolute atomic E-state index is 0. The van der Waals surface area contributed by atoms with E-state index in [0.29, 0.717) is 23.6 Å². The van der Waals surface area contributed by atoms with Gasteiger partial charge in [0.05, 0.1) is 4.92 Å². The van der Waals surface area contributed by atoms with E-state index in [1.165, 1.54) is 12.1 Å². The molecule has 1 heterocycles. The Hall–Kier alpha value is -1.66. The van der Waals surface area contributed by atoms with E-state index in [1.54, 1.807) is 13.0 Å². The van der Waals surface area contributed by atoms with Gasteiger partial charge < -0.3 is 10.6 Å². The first-order valence-electron chi connectivity index (χ1n) is 5.81. The van der Waals surface area contributed by atoms with Crippen LogP contribution in [0.1, 0.15) is 15.9 Å². The highest BCUT2D eigenvalue weighted by molar-refractivity contribution is 5.95. The highest BCUT2D eigenvalue weighted by Crippen LogP contribution is 2.16. The van der Waals surface area contributed by atoms with Gasteiger partial charge >= 0.3 is 0 Å². The van der Waals surface area contributed by atoms with Crippen molar-refractivity contribution in [2.45, 2.75) is 6.92 Å². The smallest absolute Gasteiger partial charge is 0.270 e. The fraction of sp³-hybridized carbons (Fsp3) is 0.417. The molecular formula is C12H16ClN3O3. The Morgan fingerprint density at radius 3 is 2.68 bits per heavy atom. The van der Waals surface area contributed by atoms with Crippen LogP contribution in [0.2, 0.25) is 0 Å². The Labute approximate surface area is 117 Å². The lowest BCUT2D eigenvalue weighted by molar-refractivity contribution is -0.384. The Morgan fingerprint density at radius 2 is 2.16 bits per heavy atom. The average Bonchev–Trinajstić information content (AvgIpc) is 2.25. The maximum Gasteiger partial charge on any atom is 0.270 e. The number of halogens is 1. The number of amides is 1. The molecule has 2 N–H and O–H groups in total. The zero-order valence-electron chi connectivity index (χ0n) is 10.5. The van der Waals surface area contributed by atoms with E-state index in [-0.39, 0.29) is 24.0 Å². The van der Waals surface area contributed by atoms with Crippen molar-refractivity contribution >= 4 is 24.0 Å². The quantitative estimate of drug-likeness (QED) is 0.644. The van der Waals surface area contributed by atoms with E-state index >= 15 is 0 Å². The number of nitro groups is 1. The highest BCUT2D eigenvalue weighted by Gasteiger charge is 2.18. The number of non-ortho nitro benzene ring substituents is 1. The van der Waals surface area contributed by atoms with Gasteiger partial charge in [0, 0.05) is 43.2 Å². The van der Waals surface area contributed by atoms with Gasteiger partial charge in [0.2, 0.25) is 0 Å². The fourth-order valence-corrected chi connectivity index (χ4v) is 1.83. The first-order chi connectivity index (χ1) is 8.56. The third kappa shape index (κ3) is 3.90. The summed E-state index contributed by atoms with van der Waals surface area (Å²) in [5.41, 5.74) is 0.999. The predicted octanol–water partition coefficient (Wildman–Crippen LogP) is 1.27. The number of nitrogens with one attached hydrogen (secondary N) is 2. The third-order valence-electron chi connectivity index (χ3n) is 2.95. The Bertz CT molecular complexity index is 489. The Morgan fingerprint density at radius 1 is 1.47 bits per heavy atom. The SMILES string of the molecule is Cc1cc(C(=O)NCC2CNC2)cc([N+](=O)[O-])c1.Cl. The fourth-order valence-electron chi connectivity index (χ4n) is 1.83. The van der Waals surface area contributed by atoms with Crippen molar-refractivity contribution in [3.63, 3.8) is 0 Å². The van der Waals surface area contributed by atoms with Crippen LogP contribution >= 0.6 is 12.4 Å². The first-order valence-corrected chi connectivity index (χ1v) is 5.81. The molecule has 1 aliphatic heterocycles. The molecule has 19 heavy (non-hydrogen) atoms. The first kappa shape index (κ1) is 15.4. The van der Waals surface area contributed by atoms with Gasteiger partial charge in [-0.1, -0.05) is 0 Å². The van der Waals surface area contributed by atoms with Crippen molar-refractivity contribution in [1.82, 2.24) is 10.6 Å². The monoisotopic (exact) mass is 285 g/mol. The zero-order chi connectivity index (χ0) is 13.1. The predicted molar refractivity (Wildman–Crippen MR) is 73.8 cm³/mol. The van der Waals surface area contributed by atoms with Gasteiger partial charge in [-0.2, -0.15) is 0 Å². The molecule has 0 saturated carbocycles. The maximum atomic E-state index is 11.9. The van der Waals surface area contributed by atoms with Crippen LogP contribution in [0.15, 0.2) is 18.2 Å². The summed E-state index contributed by atoms with van der Waals surface area (Å²) in [5.74, 6) is 0.211. The number of aryl methyl sites for hydroxylation is 1. The number of carbonyl (C=O) groups is 1. The lowest BCUT2D eigenvalue weighted by Gasteiger charge is -2.27. The van der Waals surface area contributed by atoms with Crippen molar-refractivity contribution in [3.05, 3.63) is 39.4 Å². The lowest BCUT2D eigenvalue weighted by atomic mass is 10.0. The Kier molecular flexibility index (Phi) is 5.26. The van der Waals surface area contributed by atoms with Crippen LogP contribution in [0.5, 0.6) is 0 Å². The number of carbonyl (C=O) groups excluding carboxylic acids is 1. The summed E-state index contributed by atoms with van der Waals surface area (Å²) in [7, 11) is 0. The molecule has 0 aromatic heterocycles. The molecule has 0 unspecified atom stereocenters. The summed E-state index contributed by atoms with van der Waals surface area (Å²) in [4.78, 5) is 22.1. The molecule has 104 valence electrons. The molecule has 0 radical (unpaired) electrons. The van der Waals surface area contributed by atoms with E-state index < -0.39 is 4.92 Å². The molecule has 0 atom stereocenters. The van der Waals surface area contributed by atoms with E-state index in [1.807, 2.05) is 0 Å². The van der Waals surface area contributed by atoms with Crippen LogP contribution < -0.4 is 10.6 Å². The molecule has 1 aromatic rings. The number of rotatable bonds is 4. The van der Waals surface area contributed by atoms with Crippen molar-refractivity contribution in [3.8, 4) is 0 Å². The van der Waals surface area contributed by atoms with Crippen molar-refractivity contribution < 1.29 is 9.72 Å². The molecule has 1 aromatic carbocycles. The van der Waals surface area contributed by atoms with Crippen LogP contribution in [-0.2, 0) is 0 Å². The Balaban J connectivity index is 0.00000180. The largest absolute Gasteiger partial charge is 0.352 e. The van der Waals surface area contributed by atoms with Crippen molar-refractivity contribution in [2.24, 2.45) is 5.92 Å². The highest BCUT2D eigenvalue weighted by atomic mass is 35.5. The summed E-state index contributed by atoms with van der Waals surface area (Å²) in [6.07, 6.45) is 0. The normalized spacial score (nSPS) is 14.2. The lowest BCUT2D eigenvalue weighted by Crippen LogP contribution is -2.48. The molecule has 0 bridgehead atoms. The molecule has 2 rings (SSSR count). The summed E-state index contributed by atoms with van der Waals surface area (Å²) in [6, 6.07) is 4.41. The zero-order valence-corrected chi connectivity index (χ0v) is 11.3. The summed E-state index contributed by atoms with van der Waals surface area (Å²) in [5, 5.41) is 16.6. The molecule has 7 heteroatoms. The topological polar surface area (TPSA) is 84.3 Å². The number of hydrogen-bond acceptors (Lipinski definition) is 4.